The maximum absolute atomic E-state index is 13.6. The second-order valence-electron chi connectivity index (χ2n) is 4.39. The van der Waals surface area contributed by atoms with E-state index in [1.807, 2.05) is 0 Å². The van der Waals surface area contributed by atoms with Crippen molar-refractivity contribution in [3.05, 3.63) is 59.7 Å². The highest BCUT2D eigenvalue weighted by atomic mass is 32.2. The zero-order valence-corrected chi connectivity index (χ0v) is 12.0. The van der Waals surface area contributed by atoms with Gasteiger partial charge in [-0.15, -0.1) is 0 Å². The maximum atomic E-state index is 13.6. The summed E-state index contributed by atoms with van der Waals surface area (Å²) < 4.78 is 40.1. The number of nitrogens with zero attached hydrogens (tertiary/aromatic N) is 1. The second-order valence-corrected chi connectivity index (χ2v) is 6.13. The molecule has 1 heterocycles. The second kappa shape index (κ2) is 6.75. The quantitative estimate of drug-likeness (QED) is 0.841. The van der Waals surface area contributed by atoms with E-state index in [9.17, 15) is 12.8 Å². The number of nitrogens with one attached hydrogen (secondary N) is 1. The van der Waals surface area contributed by atoms with Gasteiger partial charge >= 0.3 is 0 Å². The monoisotopic (exact) mass is 310 g/mol. The summed E-state index contributed by atoms with van der Waals surface area (Å²) in [5.74, 6) is -0.850. The van der Waals surface area contributed by atoms with Crippen LogP contribution in [-0.4, -0.2) is 25.1 Å². The highest BCUT2D eigenvalue weighted by Crippen LogP contribution is 2.16. The Bertz CT molecular complexity index is 705. The van der Waals surface area contributed by atoms with E-state index < -0.39 is 20.7 Å². The summed E-state index contributed by atoms with van der Waals surface area (Å²) in [5, 5.41) is 9.00. The zero-order valence-electron chi connectivity index (χ0n) is 11.2. The molecule has 0 aliphatic rings. The van der Waals surface area contributed by atoms with E-state index >= 15 is 0 Å². The Balaban J connectivity index is 2.08. The first-order valence-corrected chi connectivity index (χ1v) is 7.80. The van der Waals surface area contributed by atoms with Crippen LogP contribution in [0.4, 0.5) is 4.39 Å². The molecule has 7 heteroatoms. The number of aliphatic hydroxyl groups is 1. The average Bonchev–Trinajstić information content (AvgIpc) is 2.48. The normalized spacial score (nSPS) is 11.5. The van der Waals surface area contributed by atoms with Crippen molar-refractivity contribution in [1.82, 2.24) is 9.71 Å². The molecule has 0 amide bonds. The molecule has 1 aromatic carbocycles. The lowest BCUT2D eigenvalue weighted by Gasteiger charge is -2.08. The molecule has 0 aliphatic heterocycles. The minimum Gasteiger partial charge on any atom is -0.392 e. The minimum absolute atomic E-state index is 0.113. The summed E-state index contributed by atoms with van der Waals surface area (Å²) in [7, 11) is -3.96. The summed E-state index contributed by atoms with van der Waals surface area (Å²) in [4.78, 5) is 3.61. The van der Waals surface area contributed by atoms with Crippen molar-refractivity contribution in [3.8, 4) is 0 Å². The fourth-order valence-electron chi connectivity index (χ4n) is 1.79. The summed E-state index contributed by atoms with van der Waals surface area (Å²) in [6, 6.07) is 8.84. The van der Waals surface area contributed by atoms with Gasteiger partial charge in [-0.3, -0.25) is 4.98 Å². The predicted molar refractivity (Wildman–Crippen MR) is 75.5 cm³/mol. The van der Waals surface area contributed by atoms with Gasteiger partial charge in [-0.1, -0.05) is 12.1 Å². The first-order valence-electron chi connectivity index (χ1n) is 6.32. The van der Waals surface area contributed by atoms with Gasteiger partial charge in [0.1, 0.15) is 10.7 Å². The first kappa shape index (κ1) is 15.6. The van der Waals surface area contributed by atoms with Crippen molar-refractivity contribution in [2.75, 3.05) is 6.54 Å². The average molecular weight is 310 g/mol. The third kappa shape index (κ3) is 4.07. The van der Waals surface area contributed by atoms with Crippen molar-refractivity contribution < 1.29 is 17.9 Å². The Morgan fingerprint density at radius 1 is 1.24 bits per heavy atom. The minimum atomic E-state index is -3.96. The number of pyridine rings is 1. The molecule has 0 fully saturated rings. The lowest BCUT2D eigenvalue weighted by atomic mass is 10.2. The van der Waals surface area contributed by atoms with Crippen LogP contribution in [0.2, 0.25) is 0 Å². The summed E-state index contributed by atoms with van der Waals surface area (Å²) in [6.07, 6.45) is 2.02. The van der Waals surface area contributed by atoms with Crippen molar-refractivity contribution in [2.24, 2.45) is 0 Å². The van der Waals surface area contributed by atoms with E-state index in [4.69, 9.17) is 5.11 Å². The van der Waals surface area contributed by atoms with Crippen molar-refractivity contribution in [1.29, 1.82) is 0 Å². The van der Waals surface area contributed by atoms with Crippen LogP contribution in [0.25, 0.3) is 0 Å². The van der Waals surface area contributed by atoms with Crippen molar-refractivity contribution >= 4 is 10.0 Å². The first-order chi connectivity index (χ1) is 10.0. The summed E-state index contributed by atoms with van der Waals surface area (Å²) >= 11 is 0. The molecule has 0 saturated heterocycles. The molecule has 0 unspecified atom stereocenters. The van der Waals surface area contributed by atoms with Gasteiger partial charge in [0.05, 0.1) is 6.61 Å². The lowest BCUT2D eigenvalue weighted by molar-refractivity contribution is 0.281. The SMILES string of the molecule is O=S(=O)(NCCc1ccccn1)c1cc(CO)ccc1F. The molecular formula is C14H15FN2O3S. The Morgan fingerprint density at radius 3 is 2.71 bits per heavy atom. The number of hydrogen-bond donors (Lipinski definition) is 2. The van der Waals surface area contributed by atoms with Crippen LogP contribution in [0.3, 0.4) is 0 Å². The Hall–Kier alpha value is -1.83. The number of rotatable bonds is 6. The molecule has 2 rings (SSSR count). The highest BCUT2D eigenvalue weighted by molar-refractivity contribution is 7.89. The van der Waals surface area contributed by atoms with Gasteiger partial charge in [0.25, 0.3) is 0 Å². The Morgan fingerprint density at radius 2 is 2.05 bits per heavy atom. The molecule has 5 nitrogen and oxygen atoms in total. The van der Waals surface area contributed by atoms with E-state index in [2.05, 4.69) is 9.71 Å². The molecule has 0 radical (unpaired) electrons. The third-order valence-electron chi connectivity index (χ3n) is 2.87. The fourth-order valence-corrected chi connectivity index (χ4v) is 2.95. The van der Waals surface area contributed by atoms with Crippen LogP contribution < -0.4 is 4.72 Å². The number of aromatic nitrogens is 1. The zero-order chi connectivity index (χ0) is 15.3. The van der Waals surface area contributed by atoms with Gasteiger partial charge in [0.2, 0.25) is 10.0 Å². The van der Waals surface area contributed by atoms with Gasteiger partial charge in [0.15, 0.2) is 0 Å². The van der Waals surface area contributed by atoms with Gasteiger partial charge in [-0.2, -0.15) is 0 Å². The van der Waals surface area contributed by atoms with Crippen LogP contribution in [0.5, 0.6) is 0 Å². The number of hydrogen-bond acceptors (Lipinski definition) is 4. The molecule has 0 bridgehead atoms. The molecule has 0 aliphatic carbocycles. The van der Waals surface area contributed by atoms with Gasteiger partial charge in [-0.25, -0.2) is 17.5 Å². The van der Waals surface area contributed by atoms with Crippen LogP contribution in [0.15, 0.2) is 47.5 Å². The van der Waals surface area contributed by atoms with Crippen LogP contribution in [0, 0.1) is 5.82 Å². The number of aliphatic hydroxyl groups excluding tert-OH is 1. The Kier molecular flexibility index (Phi) is 5.00. The topological polar surface area (TPSA) is 79.3 Å². The standard InChI is InChI=1S/C14H15FN2O3S/c15-13-5-4-11(10-18)9-14(13)21(19,20)17-8-6-12-3-1-2-7-16-12/h1-5,7,9,17-18H,6,8,10H2. The molecule has 21 heavy (non-hydrogen) atoms. The van der Waals surface area contributed by atoms with Crippen LogP contribution in [0.1, 0.15) is 11.3 Å². The largest absolute Gasteiger partial charge is 0.392 e. The van der Waals surface area contributed by atoms with E-state index in [-0.39, 0.29) is 13.2 Å². The van der Waals surface area contributed by atoms with E-state index in [1.54, 1.807) is 24.4 Å². The lowest BCUT2D eigenvalue weighted by Crippen LogP contribution is -2.27. The van der Waals surface area contributed by atoms with Gasteiger partial charge < -0.3 is 5.11 Å². The third-order valence-corrected chi connectivity index (χ3v) is 4.34. The maximum Gasteiger partial charge on any atom is 0.243 e. The number of benzene rings is 1. The molecule has 2 N–H and O–H groups in total. The number of sulfonamides is 1. The molecule has 0 spiro atoms. The van der Waals surface area contributed by atoms with Gasteiger partial charge in [0, 0.05) is 24.9 Å². The van der Waals surface area contributed by atoms with Crippen LogP contribution >= 0.6 is 0 Å². The van der Waals surface area contributed by atoms with Gasteiger partial charge in [-0.05, 0) is 29.8 Å². The highest BCUT2D eigenvalue weighted by Gasteiger charge is 2.19. The molecule has 1 aromatic heterocycles. The molecule has 0 saturated carbocycles. The Labute approximate surface area is 122 Å². The fraction of sp³-hybridized carbons (Fsp3) is 0.214. The van der Waals surface area contributed by atoms with E-state index in [0.29, 0.717) is 12.0 Å². The molecular weight excluding hydrogens is 295 g/mol. The smallest absolute Gasteiger partial charge is 0.243 e. The van der Waals surface area contributed by atoms with Crippen molar-refractivity contribution in [3.63, 3.8) is 0 Å². The van der Waals surface area contributed by atoms with Crippen molar-refractivity contribution in [2.45, 2.75) is 17.9 Å². The molecule has 2 aromatic rings. The number of halogens is 1. The molecule has 112 valence electrons. The summed E-state index contributed by atoms with van der Waals surface area (Å²) in [6.45, 7) is -0.237. The van der Waals surface area contributed by atoms with E-state index in [1.165, 1.54) is 6.07 Å². The summed E-state index contributed by atoms with van der Waals surface area (Å²) in [5.41, 5.74) is 1.08. The molecule has 0 atom stereocenters. The van der Waals surface area contributed by atoms with Crippen LogP contribution in [-0.2, 0) is 23.1 Å². The predicted octanol–water partition coefficient (Wildman–Crippen LogP) is 1.23. The van der Waals surface area contributed by atoms with E-state index in [0.717, 1.165) is 17.8 Å².